The van der Waals surface area contributed by atoms with Crippen LogP contribution >= 0.6 is 0 Å². The van der Waals surface area contributed by atoms with Gasteiger partial charge in [-0.15, -0.1) is 0 Å². The van der Waals surface area contributed by atoms with Crippen LogP contribution in [0.4, 0.5) is 11.6 Å². The molecule has 1 aromatic heterocycles. The van der Waals surface area contributed by atoms with Crippen LogP contribution in [0.25, 0.3) is 0 Å². The summed E-state index contributed by atoms with van der Waals surface area (Å²) in [7, 11) is 0. The van der Waals surface area contributed by atoms with Crippen LogP contribution in [0.3, 0.4) is 0 Å². The quantitative estimate of drug-likeness (QED) is 0.716. The predicted molar refractivity (Wildman–Crippen MR) is 51.6 cm³/mol. The average Bonchev–Trinajstić information content (AvgIpc) is 2.01. The van der Waals surface area contributed by atoms with Gasteiger partial charge in [0.1, 0.15) is 0 Å². The Balaban J connectivity index is 2.78. The summed E-state index contributed by atoms with van der Waals surface area (Å²) < 4.78 is 0. The Morgan fingerprint density at radius 3 is 1.86 bits per heavy atom. The van der Waals surface area contributed by atoms with Gasteiger partial charge < -0.3 is 0 Å². The summed E-state index contributed by atoms with van der Waals surface area (Å²) in [6.45, 7) is 2.83. The van der Waals surface area contributed by atoms with E-state index in [2.05, 4.69) is 15.6 Å². The smallest absolute Gasteiger partial charge is 0.257 e. The number of hydrogen-bond donors (Lipinski definition) is 2. The van der Waals surface area contributed by atoms with Crippen molar-refractivity contribution >= 4 is 23.5 Å². The maximum Gasteiger partial charge on any atom is 0.277 e. The van der Waals surface area contributed by atoms with Crippen molar-refractivity contribution in [3.8, 4) is 0 Å². The van der Waals surface area contributed by atoms with E-state index in [-0.39, 0.29) is 11.8 Å². The van der Waals surface area contributed by atoms with Crippen molar-refractivity contribution in [2.24, 2.45) is 0 Å². The monoisotopic (exact) mass is 194 g/mol. The third-order valence-electron chi connectivity index (χ3n) is 1.42. The molecule has 2 amide bonds. The van der Waals surface area contributed by atoms with Crippen molar-refractivity contribution in [3.05, 3.63) is 18.2 Å². The SMILES string of the molecule is CC(=O)Nc1cccc(NC(C)=O)[nH+]1. The number of hydrogen-bond acceptors (Lipinski definition) is 2. The number of rotatable bonds is 2. The lowest BCUT2D eigenvalue weighted by molar-refractivity contribution is -0.343. The molecule has 1 aromatic rings. The first-order valence-electron chi connectivity index (χ1n) is 4.15. The fourth-order valence-electron chi connectivity index (χ4n) is 0.994. The first-order chi connectivity index (χ1) is 6.58. The molecule has 0 aromatic carbocycles. The van der Waals surface area contributed by atoms with Crippen molar-refractivity contribution in [1.29, 1.82) is 0 Å². The Labute approximate surface area is 81.5 Å². The van der Waals surface area contributed by atoms with Crippen LogP contribution in [0.15, 0.2) is 18.2 Å². The summed E-state index contributed by atoms with van der Waals surface area (Å²) in [6.07, 6.45) is 0. The molecule has 0 unspecified atom stereocenters. The summed E-state index contributed by atoms with van der Waals surface area (Å²) in [6, 6.07) is 5.13. The number of carbonyl (C=O) groups excluding carboxylic acids is 2. The average molecular weight is 194 g/mol. The molecule has 0 aliphatic heterocycles. The van der Waals surface area contributed by atoms with Gasteiger partial charge in [-0.25, -0.2) is 15.6 Å². The summed E-state index contributed by atoms with van der Waals surface area (Å²) in [4.78, 5) is 24.3. The topological polar surface area (TPSA) is 72.3 Å². The molecule has 5 heteroatoms. The highest BCUT2D eigenvalue weighted by atomic mass is 16.2. The molecule has 5 nitrogen and oxygen atoms in total. The fraction of sp³-hybridized carbons (Fsp3) is 0.222. The van der Waals surface area contributed by atoms with E-state index < -0.39 is 0 Å². The van der Waals surface area contributed by atoms with Crippen molar-refractivity contribution in [2.45, 2.75) is 13.8 Å². The Bertz CT molecular complexity index is 332. The first kappa shape index (κ1) is 10.2. The number of anilines is 2. The van der Waals surface area contributed by atoms with Crippen LogP contribution in [-0.2, 0) is 9.59 Å². The number of carbonyl (C=O) groups is 2. The molecular weight excluding hydrogens is 182 g/mol. The Hall–Kier alpha value is -1.91. The van der Waals surface area contributed by atoms with E-state index in [0.717, 1.165) is 0 Å². The van der Waals surface area contributed by atoms with E-state index in [1.54, 1.807) is 18.2 Å². The normalized spacial score (nSPS) is 9.29. The minimum absolute atomic E-state index is 0.166. The number of aromatic nitrogens is 1. The lowest BCUT2D eigenvalue weighted by atomic mass is 10.4. The van der Waals surface area contributed by atoms with Crippen molar-refractivity contribution in [2.75, 3.05) is 10.6 Å². The van der Waals surface area contributed by atoms with E-state index >= 15 is 0 Å². The van der Waals surface area contributed by atoms with E-state index in [4.69, 9.17) is 0 Å². The van der Waals surface area contributed by atoms with Crippen LogP contribution in [0.1, 0.15) is 13.8 Å². The van der Waals surface area contributed by atoms with E-state index in [1.165, 1.54) is 13.8 Å². The lowest BCUT2D eigenvalue weighted by Gasteiger charge is -1.99. The zero-order valence-electron chi connectivity index (χ0n) is 8.05. The van der Waals surface area contributed by atoms with Crippen molar-refractivity contribution in [1.82, 2.24) is 0 Å². The van der Waals surface area contributed by atoms with E-state index in [9.17, 15) is 9.59 Å². The highest BCUT2D eigenvalue weighted by Crippen LogP contribution is 2.02. The van der Waals surface area contributed by atoms with Crippen molar-refractivity contribution < 1.29 is 14.6 Å². The van der Waals surface area contributed by atoms with Gasteiger partial charge >= 0.3 is 0 Å². The molecule has 0 spiro atoms. The van der Waals surface area contributed by atoms with Gasteiger partial charge in [-0.2, -0.15) is 0 Å². The van der Waals surface area contributed by atoms with Gasteiger partial charge in [-0.05, 0) is 6.07 Å². The van der Waals surface area contributed by atoms with Gasteiger partial charge in [0.25, 0.3) is 11.8 Å². The minimum Gasteiger partial charge on any atom is -0.257 e. The molecule has 0 radical (unpaired) electrons. The number of pyridine rings is 1. The number of nitrogens with one attached hydrogen (secondary N) is 3. The second kappa shape index (κ2) is 4.36. The molecular formula is C9H12N3O2+. The molecule has 3 N–H and O–H groups in total. The predicted octanol–water partition coefficient (Wildman–Crippen LogP) is 0.417. The van der Waals surface area contributed by atoms with Gasteiger partial charge in [-0.3, -0.25) is 9.59 Å². The number of aromatic amines is 1. The van der Waals surface area contributed by atoms with Crippen molar-refractivity contribution in [3.63, 3.8) is 0 Å². The molecule has 0 atom stereocenters. The molecule has 1 heterocycles. The molecule has 0 fully saturated rings. The zero-order chi connectivity index (χ0) is 10.6. The second-order valence-corrected chi connectivity index (χ2v) is 2.84. The van der Waals surface area contributed by atoms with E-state index in [0.29, 0.717) is 11.6 Å². The first-order valence-corrected chi connectivity index (χ1v) is 4.15. The Morgan fingerprint density at radius 1 is 1.07 bits per heavy atom. The fourth-order valence-corrected chi connectivity index (χ4v) is 0.994. The Morgan fingerprint density at radius 2 is 1.50 bits per heavy atom. The molecule has 0 aliphatic rings. The molecule has 74 valence electrons. The van der Waals surface area contributed by atoms with Crippen LogP contribution < -0.4 is 15.6 Å². The Kier molecular flexibility index (Phi) is 3.17. The van der Waals surface area contributed by atoms with Gasteiger partial charge in [0.2, 0.25) is 11.6 Å². The van der Waals surface area contributed by atoms with Crippen LogP contribution in [-0.4, -0.2) is 11.8 Å². The summed E-state index contributed by atoms with van der Waals surface area (Å²) in [5.74, 6) is 0.759. The number of H-pyrrole nitrogens is 1. The standard InChI is InChI=1S/C9H11N3O2/c1-6(13)10-8-4-3-5-9(12-8)11-7(2)14/h3-5H,1-2H3,(H2,10,11,12,13,14)/p+1. The third-order valence-corrected chi connectivity index (χ3v) is 1.42. The lowest BCUT2D eigenvalue weighted by Crippen LogP contribution is -2.22. The zero-order valence-corrected chi connectivity index (χ0v) is 8.05. The molecule has 1 rings (SSSR count). The summed E-state index contributed by atoms with van der Waals surface area (Å²) in [5, 5.41) is 5.15. The summed E-state index contributed by atoms with van der Waals surface area (Å²) in [5.41, 5.74) is 0. The molecule has 0 aliphatic carbocycles. The second-order valence-electron chi connectivity index (χ2n) is 2.84. The van der Waals surface area contributed by atoms with Crippen LogP contribution in [0.5, 0.6) is 0 Å². The maximum atomic E-state index is 10.7. The van der Waals surface area contributed by atoms with E-state index in [1.807, 2.05) is 0 Å². The number of amides is 2. The van der Waals surface area contributed by atoms with Crippen LogP contribution in [0, 0.1) is 0 Å². The van der Waals surface area contributed by atoms with Gasteiger partial charge in [-0.1, -0.05) is 0 Å². The molecule has 0 bridgehead atoms. The highest BCUT2D eigenvalue weighted by molar-refractivity contribution is 5.88. The summed E-state index contributed by atoms with van der Waals surface area (Å²) >= 11 is 0. The molecule has 0 saturated heterocycles. The largest absolute Gasteiger partial charge is 0.277 e. The van der Waals surface area contributed by atoms with Gasteiger partial charge in [0.15, 0.2) is 0 Å². The maximum absolute atomic E-state index is 10.7. The third kappa shape index (κ3) is 3.22. The molecule has 0 saturated carbocycles. The van der Waals surface area contributed by atoms with Crippen LogP contribution in [0.2, 0.25) is 0 Å². The van der Waals surface area contributed by atoms with Gasteiger partial charge in [0, 0.05) is 26.0 Å². The van der Waals surface area contributed by atoms with Gasteiger partial charge in [0.05, 0.1) is 0 Å². The highest BCUT2D eigenvalue weighted by Gasteiger charge is 2.05. The minimum atomic E-state index is -0.166. The molecule has 14 heavy (non-hydrogen) atoms.